The summed E-state index contributed by atoms with van der Waals surface area (Å²) in [7, 11) is -1.39. The van der Waals surface area contributed by atoms with Gasteiger partial charge in [-0.25, -0.2) is 0 Å². The summed E-state index contributed by atoms with van der Waals surface area (Å²) in [4.78, 5) is 0. The molecule has 0 aliphatic carbocycles. The second kappa shape index (κ2) is 5.67. The number of hydrogen-bond acceptors (Lipinski definition) is 3. The molecule has 1 saturated heterocycles. The van der Waals surface area contributed by atoms with E-state index in [-0.39, 0.29) is 6.10 Å². The molecule has 2 unspecified atom stereocenters. The molecule has 2 N–H and O–H groups in total. The van der Waals surface area contributed by atoms with Gasteiger partial charge in [-0.2, -0.15) is 0 Å². The van der Waals surface area contributed by atoms with E-state index in [4.69, 9.17) is 14.8 Å². The minimum atomic E-state index is -1.39. The monoisotopic (exact) mass is 234 g/mol. The zero-order chi connectivity index (χ0) is 12.3. The van der Waals surface area contributed by atoms with Gasteiger partial charge in [0.1, 0.15) is 0 Å². The molecule has 1 aliphatic rings. The third-order valence-corrected chi connectivity index (χ3v) is 3.55. The second-order valence-electron chi connectivity index (χ2n) is 4.71. The van der Waals surface area contributed by atoms with E-state index in [0.29, 0.717) is 11.4 Å². The van der Waals surface area contributed by atoms with Gasteiger partial charge in [0.05, 0.1) is 12.7 Å². The van der Waals surface area contributed by atoms with Crippen molar-refractivity contribution in [2.45, 2.75) is 32.3 Å². The van der Waals surface area contributed by atoms with Gasteiger partial charge in [0, 0.05) is 0 Å². The van der Waals surface area contributed by atoms with Crippen LogP contribution >= 0.6 is 0 Å². The van der Waals surface area contributed by atoms with Gasteiger partial charge in [-0.05, 0) is 29.8 Å². The Kier molecular flexibility index (Phi) is 4.21. The minimum Gasteiger partial charge on any atom is -0.423 e. The van der Waals surface area contributed by atoms with Crippen LogP contribution in [0.1, 0.15) is 37.9 Å². The van der Waals surface area contributed by atoms with Crippen molar-refractivity contribution in [3.05, 3.63) is 29.8 Å². The van der Waals surface area contributed by atoms with Gasteiger partial charge in [0.25, 0.3) is 0 Å². The molecule has 1 fully saturated rings. The Morgan fingerprint density at radius 1 is 1.24 bits per heavy atom. The van der Waals surface area contributed by atoms with E-state index >= 15 is 0 Å². The van der Waals surface area contributed by atoms with Crippen LogP contribution in [0.3, 0.4) is 0 Å². The SMILES string of the molecule is CCC1CCC(c2ccc(B(O)O)cc2)OC1. The first-order valence-electron chi connectivity index (χ1n) is 6.28. The van der Waals surface area contributed by atoms with Crippen LogP contribution in [0.2, 0.25) is 0 Å². The lowest BCUT2D eigenvalue weighted by atomic mass is 9.79. The lowest BCUT2D eigenvalue weighted by Gasteiger charge is -2.28. The van der Waals surface area contributed by atoms with Crippen LogP contribution in [0, 0.1) is 5.92 Å². The number of benzene rings is 1. The quantitative estimate of drug-likeness (QED) is 0.773. The fourth-order valence-electron chi connectivity index (χ4n) is 2.27. The number of rotatable bonds is 3. The van der Waals surface area contributed by atoms with E-state index < -0.39 is 7.12 Å². The lowest BCUT2D eigenvalue weighted by molar-refractivity contribution is -0.0180. The number of ether oxygens (including phenoxy) is 1. The van der Waals surface area contributed by atoms with Crippen molar-refractivity contribution in [3.8, 4) is 0 Å². The highest BCUT2D eigenvalue weighted by Crippen LogP contribution is 2.31. The zero-order valence-corrected chi connectivity index (χ0v) is 10.2. The van der Waals surface area contributed by atoms with Gasteiger partial charge in [-0.3, -0.25) is 0 Å². The van der Waals surface area contributed by atoms with Crippen molar-refractivity contribution in [2.24, 2.45) is 5.92 Å². The first-order valence-corrected chi connectivity index (χ1v) is 6.28. The van der Waals surface area contributed by atoms with Gasteiger partial charge >= 0.3 is 7.12 Å². The van der Waals surface area contributed by atoms with Gasteiger partial charge in [-0.15, -0.1) is 0 Å². The van der Waals surface area contributed by atoms with Crippen molar-refractivity contribution in [1.82, 2.24) is 0 Å². The van der Waals surface area contributed by atoms with Gasteiger partial charge in [0.2, 0.25) is 0 Å². The van der Waals surface area contributed by atoms with Crippen LogP contribution in [-0.2, 0) is 4.74 Å². The predicted octanol–water partition coefficient (Wildman–Crippen LogP) is 1.24. The molecule has 3 nitrogen and oxygen atoms in total. The highest BCUT2D eigenvalue weighted by molar-refractivity contribution is 6.58. The maximum absolute atomic E-state index is 9.02. The Labute approximate surface area is 103 Å². The maximum Gasteiger partial charge on any atom is 0.488 e. The molecule has 1 aromatic carbocycles. The fourth-order valence-corrected chi connectivity index (χ4v) is 2.27. The summed E-state index contributed by atoms with van der Waals surface area (Å²) in [5.74, 6) is 0.699. The average molecular weight is 234 g/mol. The molecule has 0 amide bonds. The molecule has 0 spiro atoms. The summed E-state index contributed by atoms with van der Waals surface area (Å²) in [6.07, 6.45) is 3.62. The van der Waals surface area contributed by atoms with Gasteiger partial charge in [-0.1, -0.05) is 37.6 Å². The molecule has 0 bridgehead atoms. The van der Waals surface area contributed by atoms with Crippen LogP contribution in [0.15, 0.2) is 24.3 Å². The van der Waals surface area contributed by atoms with Crippen molar-refractivity contribution in [1.29, 1.82) is 0 Å². The molecular weight excluding hydrogens is 215 g/mol. The van der Waals surface area contributed by atoms with E-state index in [0.717, 1.165) is 18.6 Å². The van der Waals surface area contributed by atoms with Crippen LogP contribution < -0.4 is 5.46 Å². The zero-order valence-electron chi connectivity index (χ0n) is 10.2. The Hall–Kier alpha value is -0.835. The normalized spacial score (nSPS) is 24.6. The Balaban J connectivity index is 1.99. The maximum atomic E-state index is 9.02. The third-order valence-electron chi connectivity index (χ3n) is 3.55. The Morgan fingerprint density at radius 3 is 2.41 bits per heavy atom. The van der Waals surface area contributed by atoms with E-state index in [1.165, 1.54) is 12.8 Å². The average Bonchev–Trinajstić information content (AvgIpc) is 2.39. The van der Waals surface area contributed by atoms with Crippen LogP contribution in [0.5, 0.6) is 0 Å². The predicted molar refractivity (Wildman–Crippen MR) is 68.0 cm³/mol. The molecule has 1 aromatic rings. The van der Waals surface area contributed by atoms with Crippen LogP contribution in [0.4, 0.5) is 0 Å². The van der Waals surface area contributed by atoms with Crippen molar-refractivity contribution >= 4 is 12.6 Å². The van der Waals surface area contributed by atoms with Crippen LogP contribution in [0.25, 0.3) is 0 Å². The molecular formula is C13H19BO3. The third kappa shape index (κ3) is 3.09. The molecule has 0 radical (unpaired) electrons. The molecule has 4 heteroatoms. The lowest BCUT2D eigenvalue weighted by Crippen LogP contribution is -2.29. The van der Waals surface area contributed by atoms with E-state index in [1.54, 1.807) is 12.1 Å². The summed E-state index contributed by atoms with van der Waals surface area (Å²) in [5, 5.41) is 18.0. The van der Waals surface area contributed by atoms with Gasteiger partial charge in [0.15, 0.2) is 0 Å². The van der Waals surface area contributed by atoms with Crippen molar-refractivity contribution in [3.63, 3.8) is 0 Å². The Bertz CT molecular complexity index is 342. The fraction of sp³-hybridized carbons (Fsp3) is 0.538. The molecule has 17 heavy (non-hydrogen) atoms. The van der Waals surface area contributed by atoms with E-state index in [1.807, 2.05) is 12.1 Å². The van der Waals surface area contributed by atoms with Crippen LogP contribution in [-0.4, -0.2) is 23.8 Å². The number of hydrogen-bond donors (Lipinski definition) is 2. The molecule has 92 valence electrons. The molecule has 0 aromatic heterocycles. The summed E-state index contributed by atoms with van der Waals surface area (Å²) in [6, 6.07) is 7.34. The Morgan fingerprint density at radius 2 is 1.94 bits per heavy atom. The second-order valence-corrected chi connectivity index (χ2v) is 4.71. The first kappa shape index (κ1) is 12.6. The first-order chi connectivity index (χ1) is 8.20. The van der Waals surface area contributed by atoms with Gasteiger partial charge < -0.3 is 14.8 Å². The molecule has 0 saturated carbocycles. The summed E-state index contributed by atoms with van der Waals surface area (Å²) in [5.41, 5.74) is 1.65. The molecule has 1 heterocycles. The highest BCUT2D eigenvalue weighted by Gasteiger charge is 2.22. The molecule has 1 aliphatic heterocycles. The topological polar surface area (TPSA) is 49.7 Å². The smallest absolute Gasteiger partial charge is 0.423 e. The minimum absolute atomic E-state index is 0.169. The van der Waals surface area contributed by atoms with Crippen molar-refractivity contribution < 1.29 is 14.8 Å². The van der Waals surface area contributed by atoms with E-state index in [9.17, 15) is 0 Å². The van der Waals surface area contributed by atoms with Crippen molar-refractivity contribution in [2.75, 3.05) is 6.61 Å². The summed E-state index contributed by atoms with van der Waals surface area (Å²) < 4.78 is 5.84. The summed E-state index contributed by atoms with van der Waals surface area (Å²) >= 11 is 0. The largest absolute Gasteiger partial charge is 0.488 e. The molecule has 2 rings (SSSR count). The summed E-state index contributed by atoms with van der Waals surface area (Å²) in [6.45, 7) is 3.04. The highest BCUT2D eigenvalue weighted by atomic mass is 16.5. The molecule has 2 atom stereocenters. The standard InChI is InChI=1S/C13H19BO3/c1-2-10-3-8-13(17-9-10)11-4-6-12(7-5-11)14(15)16/h4-7,10,13,15-16H,2-3,8-9H2,1H3. The van der Waals surface area contributed by atoms with E-state index in [2.05, 4.69) is 6.92 Å².